The number of imidazole rings is 1. The zero-order valence-electron chi connectivity index (χ0n) is 12.9. The maximum Gasteiger partial charge on any atom is 0.285 e. The van der Waals surface area contributed by atoms with Gasteiger partial charge < -0.3 is 5.73 Å². The molecule has 1 aliphatic rings. The summed E-state index contributed by atoms with van der Waals surface area (Å²) in [4.78, 5) is 17.4. The number of aryl methyl sites for hydroxylation is 1. The molecule has 0 saturated carbocycles. The topological polar surface area (TPSA) is 78.7 Å². The molecule has 2 aromatic heterocycles. The van der Waals surface area contributed by atoms with Crippen molar-refractivity contribution in [1.29, 1.82) is 0 Å². The second kappa shape index (κ2) is 4.32. The number of hydrogen-bond acceptors (Lipinski definition) is 4. The van der Waals surface area contributed by atoms with Crippen LogP contribution in [0.1, 0.15) is 16.1 Å². The predicted molar refractivity (Wildman–Crippen MR) is 91.2 cm³/mol. The molecule has 0 saturated heterocycles. The number of carbonyl (C=O) groups excluding carboxylic acids is 1. The Morgan fingerprint density at radius 3 is 2.58 bits per heavy atom. The molecule has 6 nitrogen and oxygen atoms in total. The quantitative estimate of drug-likeness (QED) is 0.516. The minimum Gasteiger partial charge on any atom is -0.383 e. The summed E-state index contributed by atoms with van der Waals surface area (Å²) in [5.41, 5.74) is 10.8. The Bertz CT molecular complexity index is 1130. The van der Waals surface area contributed by atoms with E-state index in [1.807, 2.05) is 55.5 Å². The summed E-state index contributed by atoms with van der Waals surface area (Å²) in [6.45, 7) is 2.02. The number of rotatable bonds is 1. The lowest BCUT2D eigenvalue weighted by Gasteiger charge is -2.06. The van der Waals surface area contributed by atoms with Crippen molar-refractivity contribution in [1.82, 2.24) is 19.3 Å². The van der Waals surface area contributed by atoms with Gasteiger partial charge in [0.25, 0.3) is 5.91 Å². The minimum absolute atomic E-state index is 0.189. The lowest BCUT2D eigenvalue weighted by atomic mass is 10.2. The molecule has 0 unspecified atom stereocenters. The molecular formula is C18H13N5O. The van der Waals surface area contributed by atoms with Gasteiger partial charge in [-0.15, -0.1) is 0 Å². The van der Waals surface area contributed by atoms with E-state index in [1.54, 1.807) is 9.25 Å². The highest BCUT2D eigenvalue weighted by Gasteiger charge is 2.36. The first-order valence-corrected chi connectivity index (χ1v) is 7.63. The lowest BCUT2D eigenvalue weighted by Crippen LogP contribution is -2.10. The fraction of sp³-hybridized carbons (Fsp3) is 0.0556. The number of anilines is 1. The average molecular weight is 315 g/mol. The molecule has 0 fully saturated rings. The Balaban J connectivity index is 1.78. The van der Waals surface area contributed by atoms with Crippen LogP contribution in [0.15, 0.2) is 48.5 Å². The van der Waals surface area contributed by atoms with Crippen molar-refractivity contribution >= 4 is 22.8 Å². The van der Waals surface area contributed by atoms with Gasteiger partial charge in [0.2, 0.25) is 0 Å². The molecule has 0 spiro atoms. The zero-order valence-corrected chi connectivity index (χ0v) is 12.9. The number of fused-ring (bicyclic) bond motifs is 5. The highest BCUT2D eigenvalue weighted by molar-refractivity contribution is 6.13. The van der Waals surface area contributed by atoms with Crippen LogP contribution >= 0.6 is 0 Å². The molecule has 0 bridgehead atoms. The molecule has 0 radical (unpaired) electrons. The number of nitrogens with zero attached hydrogens (tertiary/aromatic N) is 4. The van der Waals surface area contributed by atoms with Crippen LogP contribution in [0.4, 0.5) is 5.82 Å². The van der Waals surface area contributed by atoms with Crippen LogP contribution in [0.2, 0.25) is 0 Å². The normalized spacial score (nSPS) is 12.6. The van der Waals surface area contributed by atoms with Crippen molar-refractivity contribution in [2.24, 2.45) is 0 Å². The van der Waals surface area contributed by atoms with E-state index in [4.69, 9.17) is 5.73 Å². The molecule has 0 amide bonds. The molecule has 5 rings (SSSR count). The summed E-state index contributed by atoms with van der Waals surface area (Å²) < 4.78 is 3.19. The number of para-hydroxylation sites is 2. The summed E-state index contributed by atoms with van der Waals surface area (Å²) in [5, 5.41) is 4.45. The van der Waals surface area contributed by atoms with Crippen molar-refractivity contribution in [3.63, 3.8) is 0 Å². The maximum absolute atomic E-state index is 12.8. The predicted octanol–water partition coefficient (Wildman–Crippen LogP) is 2.78. The fourth-order valence-corrected chi connectivity index (χ4v) is 3.19. The number of benzene rings is 2. The number of aromatic nitrogens is 4. The molecule has 1 aliphatic heterocycles. The van der Waals surface area contributed by atoms with E-state index in [0.717, 1.165) is 22.3 Å². The first-order valence-electron chi connectivity index (χ1n) is 7.63. The Labute approximate surface area is 137 Å². The first-order chi connectivity index (χ1) is 11.6. The van der Waals surface area contributed by atoms with Crippen LogP contribution in [-0.4, -0.2) is 25.2 Å². The van der Waals surface area contributed by atoms with E-state index < -0.39 is 0 Å². The maximum atomic E-state index is 12.8. The molecule has 116 valence electrons. The number of carbonyl (C=O) groups is 1. The summed E-state index contributed by atoms with van der Waals surface area (Å²) in [6, 6.07) is 15.4. The van der Waals surface area contributed by atoms with Gasteiger partial charge in [-0.05, 0) is 31.2 Å². The van der Waals surface area contributed by atoms with E-state index in [0.29, 0.717) is 22.9 Å². The van der Waals surface area contributed by atoms with Crippen LogP contribution in [0.25, 0.3) is 28.1 Å². The van der Waals surface area contributed by atoms with Gasteiger partial charge >= 0.3 is 0 Å². The summed E-state index contributed by atoms with van der Waals surface area (Å²) in [7, 11) is 0. The number of nitrogen functional groups attached to an aromatic ring is 1. The second-order valence-corrected chi connectivity index (χ2v) is 5.92. The number of nitrogens with two attached hydrogens (primary N) is 1. The molecule has 0 aliphatic carbocycles. The van der Waals surface area contributed by atoms with E-state index in [-0.39, 0.29) is 5.91 Å². The van der Waals surface area contributed by atoms with E-state index in [9.17, 15) is 4.79 Å². The lowest BCUT2D eigenvalue weighted by molar-refractivity contribution is 0.0968. The third kappa shape index (κ3) is 1.52. The fourth-order valence-electron chi connectivity index (χ4n) is 3.19. The molecule has 6 heteroatoms. The SMILES string of the molecule is Cc1ccc(-n2nc3c(c2N)-c2nc4ccccc4n2C3=O)cc1. The zero-order chi connectivity index (χ0) is 16.4. The van der Waals surface area contributed by atoms with Crippen LogP contribution in [0.3, 0.4) is 0 Å². The van der Waals surface area contributed by atoms with Crippen molar-refractivity contribution in [3.8, 4) is 17.1 Å². The summed E-state index contributed by atoms with van der Waals surface area (Å²) in [6.07, 6.45) is 0. The molecule has 3 heterocycles. The van der Waals surface area contributed by atoms with Gasteiger partial charge in [-0.25, -0.2) is 9.67 Å². The third-order valence-corrected chi connectivity index (χ3v) is 4.39. The minimum atomic E-state index is -0.189. The average Bonchev–Trinajstić information content (AvgIpc) is 3.20. The Kier molecular flexibility index (Phi) is 2.35. The van der Waals surface area contributed by atoms with Crippen molar-refractivity contribution in [3.05, 3.63) is 59.8 Å². The summed E-state index contributed by atoms with van der Waals surface area (Å²) >= 11 is 0. The highest BCUT2D eigenvalue weighted by atomic mass is 16.2. The monoisotopic (exact) mass is 315 g/mol. The Morgan fingerprint density at radius 1 is 1.04 bits per heavy atom. The molecule has 2 aromatic carbocycles. The van der Waals surface area contributed by atoms with Crippen LogP contribution < -0.4 is 5.73 Å². The molecule has 2 N–H and O–H groups in total. The summed E-state index contributed by atoms with van der Waals surface area (Å²) in [5.74, 6) is 0.801. The van der Waals surface area contributed by atoms with E-state index >= 15 is 0 Å². The van der Waals surface area contributed by atoms with Crippen molar-refractivity contribution in [2.45, 2.75) is 6.92 Å². The largest absolute Gasteiger partial charge is 0.383 e. The first kappa shape index (κ1) is 13.1. The van der Waals surface area contributed by atoms with E-state index in [2.05, 4.69) is 10.1 Å². The third-order valence-electron chi connectivity index (χ3n) is 4.39. The Morgan fingerprint density at radius 2 is 1.79 bits per heavy atom. The smallest absolute Gasteiger partial charge is 0.285 e. The van der Waals surface area contributed by atoms with Crippen molar-refractivity contribution in [2.75, 3.05) is 5.73 Å². The Hall–Kier alpha value is -3.41. The van der Waals surface area contributed by atoms with Crippen LogP contribution in [-0.2, 0) is 0 Å². The molecule has 4 aromatic rings. The molecule has 0 atom stereocenters. The van der Waals surface area contributed by atoms with Gasteiger partial charge in [0, 0.05) is 0 Å². The van der Waals surface area contributed by atoms with Crippen LogP contribution in [0.5, 0.6) is 0 Å². The highest BCUT2D eigenvalue weighted by Crippen LogP contribution is 2.38. The molecule has 24 heavy (non-hydrogen) atoms. The van der Waals surface area contributed by atoms with Crippen molar-refractivity contribution < 1.29 is 4.79 Å². The van der Waals surface area contributed by atoms with Gasteiger partial charge in [0.15, 0.2) is 11.5 Å². The van der Waals surface area contributed by atoms with Gasteiger partial charge in [-0.2, -0.15) is 5.10 Å². The van der Waals surface area contributed by atoms with Gasteiger partial charge in [0.1, 0.15) is 5.82 Å². The van der Waals surface area contributed by atoms with Gasteiger partial charge in [-0.3, -0.25) is 9.36 Å². The number of hydrogen-bond donors (Lipinski definition) is 1. The van der Waals surface area contributed by atoms with Gasteiger partial charge in [-0.1, -0.05) is 29.8 Å². The van der Waals surface area contributed by atoms with Crippen LogP contribution in [0, 0.1) is 6.92 Å². The van der Waals surface area contributed by atoms with E-state index in [1.165, 1.54) is 0 Å². The second-order valence-electron chi connectivity index (χ2n) is 5.92. The van der Waals surface area contributed by atoms with Gasteiger partial charge in [0.05, 0.1) is 22.3 Å². The molecular weight excluding hydrogens is 302 g/mol. The standard InChI is InChI=1S/C18H13N5O/c1-10-6-8-11(9-7-10)23-16(19)14-15(21-23)18(24)22-13-5-3-2-4-12(13)20-17(14)22/h2-9H,19H2,1H3.